The summed E-state index contributed by atoms with van der Waals surface area (Å²) in [6.45, 7) is 0.524. The van der Waals surface area contributed by atoms with Crippen LogP contribution < -0.4 is 0 Å². The molecule has 3 rings (SSSR count). The molecule has 1 heterocycles. The first-order valence-electron chi connectivity index (χ1n) is 6.96. The third kappa shape index (κ3) is 2.82. The van der Waals surface area contributed by atoms with Crippen LogP contribution in [-0.2, 0) is 11.3 Å². The van der Waals surface area contributed by atoms with Crippen molar-refractivity contribution in [3.63, 3.8) is 0 Å². The number of rotatable bonds is 4. The summed E-state index contributed by atoms with van der Waals surface area (Å²) < 4.78 is 5.36. The standard InChI is InChI=1S/C17H16N2O2/c1-19(11-13-5-2-4-12(8-13)10-18)17(20)15-9-14(15)16-6-3-7-21-16/h2-8,14-15H,9,11H2,1H3. The molecule has 0 N–H and O–H groups in total. The molecule has 1 aliphatic carbocycles. The highest BCUT2D eigenvalue weighted by atomic mass is 16.3. The lowest BCUT2D eigenvalue weighted by Crippen LogP contribution is -2.28. The first-order valence-corrected chi connectivity index (χ1v) is 6.96. The van der Waals surface area contributed by atoms with Crippen LogP contribution in [0.3, 0.4) is 0 Å². The summed E-state index contributed by atoms with van der Waals surface area (Å²) in [5.74, 6) is 1.28. The number of nitrogens with zero attached hydrogens (tertiary/aromatic N) is 2. The molecule has 4 heteroatoms. The summed E-state index contributed by atoms with van der Waals surface area (Å²) >= 11 is 0. The Kier molecular flexibility index (Phi) is 3.49. The van der Waals surface area contributed by atoms with Gasteiger partial charge in [0, 0.05) is 25.4 Å². The predicted molar refractivity (Wildman–Crippen MR) is 77.2 cm³/mol. The quantitative estimate of drug-likeness (QED) is 0.865. The molecule has 2 unspecified atom stereocenters. The van der Waals surface area contributed by atoms with Gasteiger partial charge < -0.3 is 9.32 Å². The van der Waals surface area contributed by atoms with Gasteiger partial charge in [-0.25, -0.2) is 0 Å². The molecular formula is C17H16N2O2. The lowest BCUT2D eigenvalue weighted by Gasteiger charge is -2.17. The van der Waals surface area contributed by atoms with Crippen molar-refractivity contribution in [2.45, 2.75) is 18.9 Å². The Labute approximate surface area is 123 Å². The van der Waals surface area contributed by atoms with Crippen LogP contribution in [0.15, 0.2) is 47.1 Å². The number of hydrogen-bond donors (Lipinski definition) is 0. The van der Waals surface area contributed by atoms with E-state index in [1.165, 1.54) is 0 Å². The van der Waals surface area contributed by atoms with Crippen LogP contribution in [0.25, 0.3) is 0 Å². The van der Waals surface area contributed by atoms with Crippen LogP contribution in [0.5, 0.6) is 0 Å². The third-order valence-corrected chi connectivity index (χ3v) is 3.87. The van der Waals surface area contributed by atoms with E-state index in [1.54, 1.807) is 24.3 Å². The number of furan rings is 1. The molecular weight excluding hydrogens is 264 g/mol. The van der Waals surface area contributed by atoms with Gasteiger partial charge in [0.05, 0.1) is 17.9 Å². The van der Waals surface area contributed by atoms with Gasteiger partial charge in [-0.1, -0.05) is 12.1 Å². The van der Waals surface area contributed by atoms with Gasteiger partial charge in [0.25, 0.3) is 0 Å². The Morgan fingerprint density at radius 2 is 2.29 bits per heavy atom. The number of benzene rings is 1. The van der Waals surface area contributed by atoms with E-state index in [9.17, 15) is 4.79 Å². The summed E-state index contributed by atoms with van der Waals surface area (Å²) in [5, 5.41) is 8.90. The van der Waals surface area contributed by atoms with E-state index in [1.807, 2.05) is 30.3 Å². The van der Waals surface area contributed by atoms with Crippen LogP contribution in [0.4, 0.5) is 0 Å². The first-order chi connectivity index (χ1) is 10.2. The van der Waals surface area contributed by atoms with E-state index in [0.717, 1.165) is 17.7 Å². The smallest absolute Gasteiger partial charge is 0.226 e. The second kappa shape index (κ2) is 5.45. The summed E-state index contributed by atoms with van der Waals surface area (Å²) in [4.78, 5) is 14.1. The molecule has 1 saturated carbocycles. The molecule has 0 saturated heterocycles. The van der Waals surface area contributed by atoms with Crippen molar-refractivity contribution in [1.82, 2.24) is 4.90 Å². The summed E-state index contributed by atoms with van der Waals surface area (Å²) in [5.41, 5.74) is 1.59. The fourth-order valence-corrected chi connectivity index (χ4v) is 2.66. The molecule has 1 aromatic heterocycles. The van der Waals surface area contributed by atoms with Crippen molar-refractivity contribution < 1.29 is 9.21 Å². The molecule has 106 valence electrons. The van der Waals surface area contributed by atoms with Crippen molar-refractivity contribution >= 4 is 5.91 Å². The molecule has 0 aliphatic heterocycles. The molecule has 0 spiro atoms. The zero-order valence-corrected chi connectivity index (χ0v) is 11.8. The van der Waals surface area contributed by atoms with Gasteiger partial charge in [-0.05, 0) is 36.2 Å². The molecule has 2 aromatic rings. The van der Waals surface area contributed by atoms with E-state index in [2.05, 4.69) is 6.07 Å². The first kappa shape index (κ1) is 13.4. The maximum Gasteiger partial charge on any atom is 0.226 e. The van der Waals surface area contributed by atoms with Gasteiger partial charge in [0.2, 0.25) is 5.91 Å². The molecule has 4 nitrogen and oxygen atoms in total. The predicted octanol–water partition coefficient (Wildman–Crippen LogP) is 2.91. The molecule has 2 atom stereocenters. The number of nitriles is 1. The Hall–Kier alpha value is -2.54. The lowest BCUT2D eigenvalue weighted by atomic mass is 10.1. The lowest BCUT2D eigenvalue weighted by molar-refractivity contribution is -0.131. The molecule has 1 aromatic carbocycles. The molecule has 1 fully saturated rings. The Morgan fingerprint density at radius 1 is 1.43 bits per heavy atom. The van der Waals surface area contributed by atoms with Crippen molar-refractivity contribution in [2.24, 2.45) is 5.92 Å². The van der Waals surface area contributed by atoms with E-state index < -0.39 is 0 Å². The van der Waals surface area contributed by atoms with Gasteiger partial charge in [-0.15, -0.1) is 0 Å². The summed E-state index contributed by atoms with van der Waals surface area (Å²) in [6.07, 6.45) is 2.50. The minimum absolute atomic E-state index is 0.0281. The normalized spacial score (nSPS) is 19.8. The highest BCUT2D eigenvalue weighted by molar-refractivity contribution is 5.82. The average Bonchev–Trinajstić information content (AvgIpc) is 3.11. The number of hydrogen-bond acceptors (Lipinski definition) is 3. The molecule has 1 amide bonds. The second-order valence-electron chi connectivity index (χ2n) is 5.47. The van der Waals surface area contributed by atoms with Gasteiger partial charge in [0.15, 0.2) is 0 Å². The van der Waals surface area contributed by atoms with Crippen molar-refractivity contribution in [2.75, 3.05) is 7.05 Å². The van der Waals surface area contributed by atoms with Crippen LogP contribution >= 0.6 is 0 Å². The minimum atomic E-state index is 0.0281. The van der Waals surface area contributed by atoms with Gasteiger partial charge in [-0.3, -0.25) is 4.79 Å². The highest BCUT2D eigenvalue weighted by Gasteiger charge is 2.46. The fraction of sp³-hybridized carbons (Fsp3) is 0.294. The number of carbonyl (C=O) groups is 1. The zero-order chi connectivity index (χ0) is 14.8. The van der Waals surface area contributed by atoms with Gasteiger partial charge in [0.1, 0.15) is 5.76 Å². The fourth-order valence-electron chi connectivity index (χ4n) is 2.66. The van der Waals surface area contributed by atoms with Crippen LogP contribution in [0.1, 0.15) is 29.2 Å². The van der Waals surface area contributed by atoms with Gasteiger partial charge in [-0.2, -0.15) is 5.26 Å². The van der Waals surface area contributed by atoms with Crippen LogP contribution in [-0.4, -0.2) is 17.9 Å². The van der Waals surface area contributed by atoms with Crippen molar-refractivity contribution in [3.05, 3.63) is 59.5 Å². The Balaban J connectivity index is 1.62. The Bertz CT molecular complexity index is 685. The van der Waals surface area contributed by atoms with Crippen LogP contribution in [0, 0.1) is 17.2 Å². The number of amides is 1. The van der Waals surface area contributed by atoms with E-state index >= 15 is 0 Å². The molecule has 21 heavy (non-hydrogen) atoms. The SMILES string of the molecule is CN(Cc1cccc(C#N)c1)C(=O)C1CC1c1ccco1. The Morgan fingerprint density at radius 3 is 3.00 bits per heavy atom. The minimum Gasteiger partial charge on any atom is -0.469 e. The zero-order valence-electron chi connectivity index (χ0n) is 11.8. The van der Waals surface area contributed by atoms with E-state index in [-0.39, 0.29) is 17.7 Å². The highest BCUT2D eigenvalue weighted by Crippen LogP contribution is 2.48. The molecule has 0 radical (unpaired) electrons. The maximum atomic E-state index is 12.4. The molecule has 1 aliphatic rings. The third-order valence-electron chi connectivity index (χ3n) is 3.87. The summed E-state index contributed by atoms with van der Waals surface area (Å²) in [7, 11) is 1.80. The van der Waals surface area contributed by atoms with E-state index in [4.69, 9.17) is 9.68 Å². The topological polar surface area (TPSA) is 57.2 Å². The maximum absolute atomic E-state index is 12.4. The largest absolute Gasteiger partial charge is 0.469 e. The molecule has 0 bridgehead atoms. The van der Waals surface area contributed by atoms with E-state index in [0.29, 0.717) is 12.1 Å². The van der Waals surface area contributed by atoms with Crippen molar-refractivity contribution in [3.8, 4) is 6.07 Å². The van der Waals surface area contributed by atoms with Crippen LogP contribution in [0.2, 0.25) is 0 Å². The van der Waals surface area contributed by atoms with Gasteiger partial charge >= 0.3 is 0 Å². The number of carbonyl (C=O) groups excluding carboxylic acids is 1. The summed E-state index contributed by atoms with van der Waals surface area (Å²) in [6, 6.07) is 13.3. The monoisotopic (exact) mass is 280 g/mol. The van der Waals surface area contributed by atoms with Crippen molar-refractivity contribution in [1.29, 1.82) is 5.26 Å². The average molecular weight is 280 g/mol. The second-order valence-corrected chi connectivity index (χ2v) is 5.47.